The molecule has 1 unspecified atom stereocenters. The molecule has 9 heteroatoms. The monoisotopic (exact) mass is 553 g/mol. The molecule has 194 valence electrons. The summed E-state index contributed by atoms with van der Waals surface area (Å²) in [6, 6.07) is 19.9. The van der Waals surface area contributed by atoms with Gasteiger partial charge in [-0.25, -0.2) is 13.6 Å². The SMILES string of the molecule is CC(OC(=O)Nc1cc(Cl)sc1-c1ccc(-c2ccc(C3(C(=O)O)CC3)cc2)cc1)c1ccc(F)cc1F. The van der Waals surface area contributed by atoms with Gasteiger partial charge in [0.05, 0.1) is 20.3 Å². The van der Waals surface area contributed by atoms with Gasteiger partial charge in [-0.3, -0.25) is 10.1 Å². The summed E-state index contributed by atoms with van der Waals surface area (Å²) in [6.07, 6.45) is -0.426. The van der Waals surface area contributed by atoms with Gasteiger partial charge in [0, 0.05) is 11.6 Å². The average molecular weight is 554 g/mol. The lowest BCUT2D eigenvalue weighted by Gasteiger charge is -2.15. The summed E-state index contributed by atoms with van der Waals surface area (Å²) in [4.78, 5) is 24.8. The number of rotatable bonds is 7. The van der Waals surface area contributed by atoms with E-state index in [-0.39, 0.29) is 5.56 Å². The minimum atomic E-state index is -0.941. The maximum atomic E-state index is 14.0. The first kappa shape index (κ1) is 25.9. The van der Waals surface area contributed by atoms with E-state index in [0.29, 0.717) is 27.7 Å². The first-order valence-electron chi connectivity index (χ1n) is 11.8. The molecular weight excluding hydrogens is 532 g/mol. The van der Waals surface area contributed by atoms with Crippen molar-refractivity contribution in [3.63, 3.8) is 0 Å². The van der Waals surface area contributed by atoms with Crippen LogP contribution in [0.2, 0.25) is 4.34 Å². The van der Waals surface area contributed by atoms with E-state index in [1.807, 2.05) is 48.5 Å². The zero-order valence-corrected chi connectivity index (χ0v) is 21.7. The number of carbonyl (C=O) groups is 2. The van der Waals surface area contributed by atoms with Crippen molar-refractivity contribution in [1.82, 2.24) is 0 Å². The molecule has 3 aromatic carbocycles. The normalized spacial score (nSPS) is 14.5. The quantitative estimate of drug-likeness (QED) is 0.241. The largest absolute Gasteiger partial charge is 0.481 e. The summed E-state index contributed by atoms with van der Waals surface area (Å²) in [7, 11) is 0. The van der Waals surface area contributed by atoms with Crippen LogP contribution in [0, 0.1) is 11.6 Å². The fourth-order valence-electron chi connectivity index (χ4n) is 4.41. The number of thiophene rings is 1. The highest BCUT2D eigenvalue weighted by molar-refractivity contribution is 7.20. The Kier molecular flexibility index (Phi) is 6.94. The first-order valence-corrected chi connectivity index (χ1v) is 13.0. The highest BCUT2D eigenvalue weighted by atomic mass is 35.5. The van der Waals surface area contributed by atoms with Crippen molar-refractivity contribution in [2.24, 2.45) is 0 Å². The molecule has 1 aliphatic rings. The second-order valence-corrected chi connectivity index (χ2v) is 10.9. The van der Waals surface area contributed by atoms with Crippen molar-refractivity contribution in [2.75, 3.05) is 5.32 Å². The van der Waals surface area contributed by atoms with Crippen molar-refractivity contribution < 1.29 is 28.2 Å². The van der Waals surface area contributed by atoms with Crippen molar-refractivity contribution in [3.05, 3.63) is 99.9 Å². The van der Waals surface area contributed by atoms with Gasteiger partial charge in [-0.05, 0) is 60.2 Å². The summed E-state index contributed by atoms with van der Waals surface area (Å²) >= 11 is 7.52. The zero-order valence-electron chi connectivity index (χ0n) is 20.1. The van der Waals surface area contributed by atoms with Crippen LogP contribution < -0.4 is 5.32 Å². The smallest absolute Gasteiger partial charge is 0.412 e. The third-order valence-electron chi connectivity index (χ3n) is 6.70. The Morgan fingerprint density at radius 3 is 2.16 bits per heavy atom. The second kappa shape index (κ2) is 10.2. The van der Waals surface area contributed by atoms with Crippen molar-refractivity contribution >= 4 is 40.7 Å². The van der Waals surface area contributed by atoms with E-state index in [0.717, 1.165) is 34.4 Å². The number of carboxylic acids is 1. The number of nitrogens with one attached hydrogen (secondary N) is 1. The molecule has 2 N–H and O–H groups in total. The van der Waals surface area contributed by atoms with Gasteiger partial charge in [-0.2, -0.15) is 0 Å². The van der Waals surface area contributed by atoms with Gasteiger partial charge in [0.15, 0.2) is 0 Å². The molecule has 4 aromatic rings. The number of benzene rings is 3. The Balaban J connectivity index is 1.30. The number of hydrogen-bond donors (Lipinski definition) is 2. The molecule has 0 saturated heterocycles. The number of halogens is 3. The van der Waals surface area contributed by atoms with E-state index in [9.17, 15) is 23.5 Å². The number of anilines is 1. The summed E-state index contributed by atoms with van der Waals surface area (Å²) in [5.41, 5.74) is 3.30. The molecule has 1 aliphatic carbocycles. The molecule has 1 fully saturated rings. The highest BCUT2D eigenvalue weighted by Gasteiger charge is 2.51. The topological polar surface area (TPSA) is 75.6 Å². The molecule has 0 aliphatic heterocycles. The van der Waals surface area contributed by atoms with Gasteiger partial charge in [0.1, 0.15) is 17.7 Å². The van der Waals surface area contributed by atoms with Gasteiger partial charge in [0.2, 0.25) is 0 Å². The molecule has 0 spiro atoms. The van der Waals surface area contributed by atoms with Crippen molar-refractivity contribution in [1.29, 1.82) is 0 Å². The molecule has 0 radical (unpaired) electrons. The molecule has 1 amide bonds. The Morgan fingerprint density at radius 2 is 1.58 bits per heavy atom. The summed E-state index contributed by atoms with van der Waals surface area (Å²) in [5.74, 6) is -2.30. The molecule has 5 nitrogen and oxygen atoms in total. The van der Waals surface area contributed by atoms with Gasteiger partial charge in [-0.15, -0.1) is 11.3 Å². The molecular formula is C29H22ClF2NO4S. The van der Waals surface area contributed by atoms with Crippen molar-refractivity contribution in [3.8, 4) is 21.6 Å². The number of aliphatic carboxylic acids is 1. The third-order valence-corrected chi connectivity index (χ3v) is 8.01. The first-order chi connectivity index (χ1) is 18.2. The van der Waals surface area contributed by atoms with E-state index < -0.39 is 35.2 Å². The maximum Gasteiger partial charge on any atom is 0.412 e. The van der Waals surface area contributed by atoms with Crippen LogP contribution in [0.15, 0.2) is 72.8 Å². The van der Waals surface area contributed by atoms with E-state index in [4.69, 9.17) is 16.3 Å². The Morgan fingerprint density at radius 1 is 0.974 bits per heavy atom. The van der Waals surface area contributed by atoms with E-state index in [1.165, 1.54) is 24.3 Å². The number of hydrogen-bond acceptors (Lipinski definition) is 4. The fraction of sp³-hybridized carbons (Fsp3) is 0.172. The second-order valence-electron chi connectivity index (χ2n) is 9.17. The van der Waals surface area contributed by atoms with Crippen LogP contribution in [0.25, 0.3) is 21.6 Å². The van der Waals surface area contributed by atoms with Gasteiger partial charge < -0.3 is 9.84 Å². The van der Waals surface area contributed by atoms with Gasteiger partial charge >= 0.3 is 12.1 Å². The number of carbonyl (C=O) groups excluding carboxylic acids is 1. The molecule has 38 heavy (non-hydrogen) atoms. The zero-order chi connectivity index (χ0) is 27.0. The molecule has 5 rings (SSSR count). The molecule has 1 aromatic heterocycles. The molecule has 0 bridgehead atoms. The lowest BCUT2D eigenvalue weighted by atomic mass is 9.93. The van der Waals surface area contributed by atoms with Gasteiger partial charge in [0.25, 0.3) is 0 Å². The van der Waals surface area contributed by atoms with Crippen LogP contribution in [-0.4, -0.2) is 17.2 Å². The maximum absolute atomic E-state index is 14.0. The lowest BCUT2D eigenvalue weighted by Crippen LogP contribution is -2.19. The highest BCUT2D eigenvalue weighted by Crippen LogP contribution is 2.48. The van der Waals surface area contributed by atoms with Crippen LogP contribution >= 0.6 is 22.9 Å². The Bertz CT molecular complexity index is 1510. The van der Waals surface area contributed by atoms with E-state index in [2.05, 4.69) is 5.32 Å². The predicted molar refractivity (Wildman–Crippen MR) is 144 cm³/mol. The van der Waals surface area contributed by atoms with E-state index in [1.54, 1.807) is 6.07 Å². The standard InChI is InChI=1S/C29H22ClF2NO4S/c1-16(22-11-10-21(31)14-23(22)32)37-28(36)33-24-15-25(30)38-26(24)19-4-2-17(3-5-19)18-6-8-20(9-7-18)29(12-13-29)27(34)35/h2-11,14-16H,12-13H2,1H3,(H,33,36)(H,34,35). The predicted octanol–water partition coefficient (Wildman–Crippen LogP) is 8.44. The molecule has 1 atom stereocenters. The van der Waals surface area contributed by atoms with Crippen LogP contribution in [0.5, 0.6) is 0 Å². The number of carboxylic acid groups (broad SMARTS) is 1. The third kappa shape index (κ3) is 5.14. The summed E-state index contributed by atoms with van der Waals surface area (Å²) in [6.45, 7) is 1.49. The summed E-state index contributed by atoms with van der Waals surface area (Å²) in [5, 5.41) is 12.2. The Labute approximate surface area is 226 Å². The molecule has 1 heterocycles. The number of amides is 1. The van der Waals surface area contributed by atoms with Crippen LogP contribution in [0.4, 0.5) is 19.3 Å². The fourth-order valence-corrected chi connectivity index (χ4v) is 5.60. The van der Waals surface area contributed by atoms with Crippen molar-refractivity contribution in [2.45, 2.75) is 31.3 Å². The summed E-state index contributed by atoms with van der Waals surface area (Å²) < 4.78 is 33.0. The number of ether oxygens (including phenoxy) is 1. The minimum absolute atomic E-state index is 0.0593. The Hall–Kier alpha value is -3.75. The van der Waals surface area contributed by atoms with Crippen LogP contribution in [0.3, 0.4) is 0 Å². The molecule has 1 saturated carbocycles. The van der Waals surface area contributed by atoms with E-state index >= 15 is 0 Å². The van der Waals surface area contributed by atoms with Crippen LogP contribution in [0.1, 0.15) is 37.0 Å². The average Bonchev–Trinajstić information content (AvgIpc) is 3.62. The minimum Gasteiger partial charge on any atom is -0.481 e. The lowest BCUT2D eigenvalue weighted by molar-refractivity contribution is -0.140. The van der Waals surface area contributed by atoms with Crippen LogP contribution in [-0.2, 0) is 14.9 Å². The van der Waals surface area contributed by atoms with Gasteiger partial charge in [-0.1, -0.05) is 60.1 Å².